The van der Waals surface area contributed by atoms with Crippen LogP contribution in [0.15, 0.2) is 23.8 Å². The van der Waals surface area contributed by atoms with Crippen LogP contribution in [0.25, 0.3) is 0 Å². The molecule has 2 aliphatic rings. The van der Waals surface area contributed by atoms with Crippen molar-refractivity contribution in [3.8, 4) is 0 Å². The van der Waals surface area contributed by atoms with Gasteiger partial charge in [0.2, 0.25) is 0 Å². The highest BCUT2D eigenvalue weighted by Crippen LogP contribution is 2.33. The molecule has 21 heavy (non-hydrogen) atoms. The normalized spacial score (nSPS) is 22.3. The molecule has 0 radical (unpaired) electrons. The third-order valence-corrected chi connectivity index (χ3v) is 4.60. The number of hydrogen-bond donors (Lipinski definition) is 0. The molecule has 2 rings (SSSR count). The monoisotopic (exact) mass is 290 g/mol. The number of allylic oxidation sites excluding steroid dienone is 4. The summed E-state index contributed by atoms with van der Waals surface area (Å²) in [4.78, 5) is 24.7. The Kier molecular flexibility index (Phi) is 5.77. The largest absolute Gasteiger partial charge is 0.468 e. The van der Waals surface area contributed by atoms with E-state index in [-0.39, 0.29) is 17.7 Å². The van der Waals surface area contributed by atoms with Gasteiger partial charge in [0.25, 0.3) is 0 Å². The summed E-state index contributed by atoms with van der Waals surface area (Å²) in [7, 11) is 1.37. The van der Waals surface area contributed by atoms with Gasteiger partial charge in [-0.25, -0.2) is 0 Å². The Morgan fingerprint density at radius 1 is 1.10 bits per heavy atom. The second kappa shape index (κ2) is 7.58. The van der Waals surface area contributed by atoms with Gasteiger partial charge in [0.05, 0.1) is 7.11 Å². The van der Waals surface area contributed by atoms with Crippen LogP contribution in [-0.2, 0) is 14.3 Å². The molecule has 0 spiro atoms. The van der Waals surface area contributed by atoms with Gasteiger partial charge in [-0.2, -0.15) is 0 Å². The summed E-state index contributed by atoms with van der Waals surface area (Å²) in [5.74, 6) is -0.200. The third kappa shape index (κ3) is 4.55. The number of carbonyl (C=O) groups is 2. The molecule has 2 aliphatic carbocycles. The Bertz CT molecular complexity index is 437. The van der Waals surface area contributed by atoms with Gasteiger partial charge >= 0.3 is 5.97 Å². The van der Waals surface area contributed by atoms with Crippen molar-refractivity contribution >= 4 is 11.8 Å². The molecule has 1 atom stereocenters. The highest BCUT2D eigenvalue weighted by molar-refractivity contribution is 6.08. The Hall–Kier alpha value is -1.38. The standard InChI is InChI=1S/C18H26O3/c1-13(7-6-8-14-11-12-14)17(19)16(18(20)21-2)15-9-4-3-5-10-15/h6-8,14-16H,3-5,9-12H2,1-2H3/b8-6-,13-7+. The van der Waals surface area contributed by atoms with Crippen molar-refractivity contribution in [2.45, 2.75) is 51.9 Å². The van der Waals surface area contributed by atoms with Crippen molar-refractivity contribution in [2.75, 3.05) is 7.11 Å². The first-order chi connectivity index (χ1) is 10.1. The number of rotatable bonds is 6. The zero-order valence-corrected chi connectivity index (χ0v) is 13.1. The van der Waals surface area contributed by atoms with Gasteiger partial charge in [-0.15, -0.1) is 0 Å². The van der Waals surface area contributed by atoms with Crippen molar-refractivity contribution in [1.82, 2.24) is 0 Å². The van der Waals surface area contributed by atoms with E-state index in [1.54, 1.807) is 6.92 Å². The van der Waals surface area contributed by atoms with Crippen LogP contribution in [0, 0.1) is 17.8 Å². The summed E-state index contributed by atoms with van der Waals surface area (Å²) in [5, 5.41) is 0. The van der Waals surface area contributed by atoms with E-state index in [1.165, 1.54) is 26.4 Å². The lowest BCUT2D eigenvalue weighted by atomic mass is 9.76. The second-order valence-corrected chi connectivity index (χ2v) is 6.34. The lowest BCUT2D eigenvalue weighted by Gasteiger charge is -2.27. The molecular formula is C18H26O3. The first-order valence-corrected chi connectivity index (χ1v) is 8.10. The number of carbonyl (C=O) groups excluding carboxylic acids is 2. The van der Waals surface area contributed by atoms with Crippen molar-refractivity contribution < 1.29 is 14.3 Å². The van der Waals surface area contributed by atoms with Crippen LogP contribution in [-0.4, -0.2) is 18.9 Å². The van der Waals surface area contributed by atoms with E-state index in [1.807, 2.05) is 12.2 Å². The molecule has 3 heteroatoms. The van der Waals surface area contributed by atoms with Gasteiger partial charge in [-0.1, -0.05) is 37.5 Å². The van der Waals surface area contributed by atoms with Crippen LogP contribution in [0.1, 0.15) is 51.9 Å². The Morgan fingerprint density at radius 2 is 1.76 bits per heavy atom. The molecular weight excluding hydrogens is 264 g/mol. The van der Waals surface area contributed by atoms with E-state index in [2.05, 4.69) is 6.08 Å². The smallest absolute Gasteiger partial charge is 0.316 e. The number of hydrogen-bond acceptors (Lipinski definition) is 3. The van der Waals surface area contributed by atoms with Gasteiger partial charge in [0.15, 0.2) is 5.78 Å². The molecule has 3 nitrogen and oxygen atoms in total. The van der Waals surface area contributed by atoms with Crippen molar-refractivity contribution in [3.63, 3.8) is 0 Å². The highest BCUT2D eigenvalue weighted by atomic mass is 16.5. The molecule has 0 aromatic carbocycles. The van der Waals surface area contributed by atoms with E-state index in [4.69, 9.17) is 4.74 Å². The maximum Gasteiger partial charge on any atom is 0.316 e. The maximum absolute atomic E-state index is 12.6. The fourth-order valence-electron chi connectivity index (χ4n) is 3.08. The molecule has 2 fully saturated rings. The zero-order valence-electron chi connectivity index (χ0n) is 13.1. The number of ether oxygens (including phenoxy) is 1. The fraction of sp³-hybridized carbons (Fsp3) is 0.667. The minimum atomic E-state index is -0.610. The molecule has 0 N–H and O–H groups in total. The molecule has 0 heterocycles. The topological polar surface area (TPSA) is 43.4 Å². The summed E-state index contributed by atoms with van der Waals surface area (Å²) in [6.45, 7) is 1.80. The fourth-order valence-corrected chi connectivity index (χ4v) is 3.08. The molecule has 0 amide bonds. The Morgan fingerprint density at radius 3 is 2.33 bits per heavy atom. The van der Waals surface area contributed by atoms with Gasteiger partial charge in [0.1, 0.15) is 5.92 Å². The van der Waals surface area contributed by atoms with E-state index in [0.29, 0.717) is 11.5 Å². The number of ketones is 1. The lowest BCUT2D eigenvalue weighted by molar-refractivity contribution is -0.151. The van der Waals surface area contributed by atoms with Crippen LogP contribution in [0.4, 0.5) is 0 Å². The van der Waals surface area contributed by atoms with Crippen LogP contribution in [0.5, 0.6) is 0 Å². The molecule has 1 unspecified atom stereocenters. The third-order valence-electron chi connectivity index (χ3n) is 4.60. The van der Waals surface area contributed by atoms with Gasteiger partial charge in [-0.05, 0) is 50.0 Å². The first-order valence-electron chi connectivity index (χ1n) is 8.10. The van der Waals surface area contributed by atoms with E-state index in [9.17, 15) is 9.59 Å². The predicted octanol–water partition coefficient (Wildman–Crippen LogP) is 3.84. The molecule has 0 aromatic rings. The second-order valence-electron chi connectivity index (χ2n) is 6.34. The maximum atomic E-state index is 12.6. The lowest BCUT2D eigenvalue weighted by Crippen LogP contribution is -2.34. The molecule has 0 aromatic heterocycles. The average Bonchev–Trinajstić information content (AvgIpc) is 3.32. The van der Waals surface area contributed by atoms with E-state index >= 15 is 0 Å². The van der Waals surface area contributed by atoms with E-state index < -0.39 is 5.92 Å². The van der Waals surface area contributed by atoms with Crippen LogP contribution in [0.3, 0.4) is 0 Å². The summed E-state index contributed by atoms with van der Waals surface area (Å²) in [5.41, 5.74) is 0.660. The first kappa shape index (κ1) is 16.0. The number of esters is 1. The summed E-state index contributed by atoms with van der Waals surface area (Å²) in [6.07, 6.45) is 13.8. The van der Waals surface area contributed by atoms with Gasteiger partial charge < -0.3 is 4.74 Å². The quantitative estimate of drug-likeness (QED) is 0.323. The van der Waals surface area contributed by atoms with Crippen molar-refractivity contribution in [1.29, 1.82) is 0 Å². The van der Waals surface area contributed by atoms with E-state index in [0.717, 1.165) is 25.7 Å². The van der Waals surface area contributed by atoms with Crippen molar-refractivity contribution in [2.24, 2.45) is 17.8 Å². The summed E-state index contributed by atoms with van der Waals surface area (Å²) >= 11 is 0. The number of methoxy groups -OCH3 is 1. The minimum Gasteiger partial charge on any atom is -0.468 e. The van der Waals surface area contributed by atoms with Crippen LogP contribution in [0.2, 0.25) is 0 Å². The minimum absolute atomic E-state index is 0.0609. The Labute approximate surface area is 127 Å². The molecule has 0 bridgehead atoms. The molecule has 2 saturated carbocycles. The zero-order chi connectivity index (χ0) is 15.2. The molecule has 0 saturated heterocycles. The molecule has 116 valence electrons. The SMILES string of the molecule is COC(=O)C(C(=O)/C(C)=C/C=C\C1CC1)C1CCCCC1. The summed E-state index contributed by atoms with van der Waals surface area (Å²) < 4.78 is 4.88. The molecule has 0 aliphatic heterocycles. The van der Waals surface area contributed by atoms with Crippen molar-refractivity contribution in [3.05, 3.63) is 23.8 Å². The highest BCUT2D eigenvalue weighted by Gasteiger charge is 2.36. The van der Waals surface area contributed by atoms with Gasteiger partial charge in [-0.3, -0.25) is 9.59 Å². The van der Waals surface area contributed by atoms with Gasteiger partial charge in [0, 0.05) is 0 Å². The summed E-state index contributed by atoms with van der Waals surface area (Å²) in [6, 6.07) is 0. The van der Waals surface area contributed by atoms with Crippen LogP contribution < -0.4 is 0 Å². The Balaban J connectivity index is 2.06. The van der Waals surface area contributed by atoms with Crippen LogP contribution >= 0.6 is 0 Å². The average molecular weight is 290 g/mol. The number of Topliss-reactive ketones (excluding diaryl/α,β-unsaturated/α-hetero) is 1. The predicted molar refractivity (Wildman–Crippen MR) is 82.7 cm³/mol.